The van der Waals surface area contributed by atoms with Gasteiger partial charge in [-0.25, -0.2) is 9.59 Å². The quantitative estimate of drug-likeness (QED) is 0.102. The minimum Gasteiger partial charge on any atom is -0.465 e. The van der Waals surface area contributed by atoms with Crippen molar-refractivity contribution in [1.29, 1.82) is 0 Å². The molecule has 0 aromatic heterocycles. The molecule has 5 nitrogen and oxygen atoms in total. The molecule has 0 aliphatic carbocycles. The summed E-state index contributed by atoms with van der Waals surface area (Å²) in [6.07, 6.45) is 3.97. The first kappa shape index (κ1) is 32.1. The molecular weight excluding hydrogens is 691 g/mol. The van der Waals surface area contributed by atoms with Crippen molar-refractivity contribution in [2.45, 2.75) is 53.4 Å². The van der Waals surface area contributed by atoms with Crippen LogP contribution in [0.2, 0.25) is 0 Å². The predicted octanol–water partition coefficient (Wildman–Crippen LogP) is 7.82. The van der Waals surface area contributed by atoms with Gasteiger partial charge in [0.1, 0.15) is 0 Å². The summed E-state index contributed by atoms with van der Waals surface area (Å²) in [6.45, 7) is 9.79. The van der Waals surface area contributed by atoms with Gasteiger partial charge < -0.3 is 14.2 Å². The number of hydrogen-bond acceptors (Lipinski definition) is 5. The van der Waals surface area contributed by atoms with Crippen molar-refractivity contribution in [2.24, 2.45) is 0 Å². The lowest BCUT2D eigenvalue weighted by Gasteiger charge is -2.11. The van der Waals surface area contributed by atoms with Gasteiger partial charge in [-0.2, -0.15) is 0 Å². The molecule has 0 heterocycles. The van der Waals surface area contributed by atoms with Gasteiger partial charge in [0.05, 0.1) is 24.8 Å². The van der Waals surface area contributed by atoms with Gasteiger partial charge in [-0.3, -0.25) is 0 Å². The van der Waals surface area contributed by atoms with Crippen LogP contribution >= 0.6 is 54.5 Å². The topological polar surface area (TPSA) is 61.8 Å². The van der Waals surface area contributed by atoms with Crippen LogP contribution in [0.1, 0.15) is 69.7 Å². The van der Waals surface area contributed by atoms with Gasteiger partial charge >= 0.3 is 11.9 Å². The fourth-order valence-electron chi connectivity index (χ4n) is 3.33. The van der Waals surface area contributed by atoms with E-state index in [4.69, 9.17) is 14.2 Å². The van der Waals surface area contributed by atoms with E-state index in [1.165, 1.54) is 23.8 Å². The maximum Gasteiger partial charge on any atom is 0.338 e. The Labute approximate surface area is 240 Å². The van der Waals surface area contributed by atoms with Crippen LogP contribution in [-0.4, -0.2) is 43.3 Å². The maximum atomic E-state index is 11.8. The number of aryl methyl sites for hydroxylation is 2. The van der Waals surface area contributed by atoms with Crippen LogP contribution in [-0.2, 0) is 27.1 Å². The van der Waals surface area contributed by atoms with E-state index in [0.29, 0.717) is 17.7 Å². The van der Waals surface area contributed by atoms with E-state index in [0.717, 1.165) is 57.8 Å². The van der Waals surface area contributed by atoms with Crippen molar-refractivity contribution in [1.82, 2.24) is 0 Å². The minimum atomic E-state index is -0.281. The monoisotopic (exact) mass is 724 g/mol. The van der Waals surface area contributed by atoms with Crippen molar-refractivity contribution in [2.75, 3.05) is 31.4 Å². The van der Waals surface area contributed by atoms with Crippen molar-refractivity contribution in [3.05, 3.63) is 66.6 Å². The molecule has 35 heavy (non-hydrogen) atoms. The fraction of sp³-hybridized carbons (Fsp3) is 0.481. The SMILES string of the molecule is CCOCCCc1cc(C(=O)OCC)cc(Br)c1C.COC(=O)c1cc(Br)c(C)c(CCCI)c1. The molecule has 2 aromatic carbocycles. The smallest absolute Gasteiger partial charge is 0.338 e. The van der Waals surface area contributed by atoms with E-state index < -0.39 is 0 Å². The Kier molecular flexibility index (Phi) is 16.0. The number of carbonyl (C=O) groups excluding carboxylic acids is 2. The Morgan fingerprint density at radius 3 is 1.80 bits per heavy atom. The van der Waals surface area contributed by atoms with Gasteiger partial charge in [-0.15, -0.1) is 0 Å². The van der Waals surface area contributed by atoms with E-state index in [1.807, 2.05) is 38.1 Å². The summed E-state index contributed by atoms with van der Waals surface area (Å²) in [4.78, 5) is 23.2. The van der Waals surface area contributed by atoms with Gasteiger partial charge in [0, 0.05) is 22.2 Å². The molecule has 0 saturated carbocycles. The number of rotatable bonds is 11. The molecule has 0 radical (unpaired) electrons. The first-order chi connectivity index (χ1) is 16.7. The highest BCUT2D eigenvalue weighted by Crippen LogP contribution is 2.25. The van der Waals surface area contributed by atoms with Crippen molar-refractivity contribution < 1.29 is 23.8 Å². The number of carbonyl (C=O) groups is 2. The molecule has 0 fully saturated rings. The number of ether oxygens (including phenoxy) is 3. The van der Waals surface area contributed by atoms with Crippen LogP contribution in [0.4, 0.5) is 0 Å². The zero-order valence-electron chi connectivity index (χ0n) is 21.1. The standard InChI is InChI=1S/C15H21BrO3.C12H14BrIO2/c1-4-18-8-6-7-12-9-13(15(17)19-5-2)10-14(16)11(12)3;1-8-9(4-3-5-14)6-10(7-11(8)13)12(15)16-2/h9-10H,4-8H2,1-3H3;6-7H,3-5H2,1-2H3. The minimum absolute atomic E-state index is 0.269. The zero-order chi connectivity index (χ0) is 26.4. The zero-order valence-corrected chi connectivity index (χ0v) is 26.5. The molecule has 0 saturated heterocycles. The average molecular weight is 726 g/mol. The lowest BCUT2D eigenvalue weighted by molar-refractivity contribution is 0.0525. The Balaban J connectivity index is 0.000000355. The highest BCUT2D eigenvalue weighted by Gasteiger charge is 2.13. The average Bonchev–Trinajstić information content (AvgIpc) is 2.84. The summed E-state index contributed by atoms with van der Waals surface area (Å²) in [7, 11) is 1.40. The lowest BCUT2D eigenvalue weighted by atomic mass is 10.0. The van der Waals surface area contributed by atoms with Gasteiger partial charge in [0.25, 0.3) is 0 Å². The second kappa shape index (κ2) is 17.5. The van der Waals surface area contributed by atoms with Gasteiger partial charge in [0.15, 0.2) is 0 Å². The number of methoxy groups -OCH3 is 1. The first-order valence-electron chi connectivity index (χ1n) is 11.7. The van der Waals surface area contributed by atoms with Crippen LogP contribution in [0.15, 0.2) is 33.2 Å². The molecule has 2 rings (SSSR count). The van der Waals surface area contributed by atoms with Crippen LogP contribution in [0, 0.1) is 13.8 Å². The molecule has 0 N–H and O–H groups in total. The maximum absolute atomic E-state index is 11.8. The molecular formula is C27H35Br2IO5. The lowest BCUT2D eigenvalue weighted by Crippen LogP contribution is -2.07. The van der Waals surface area contributed by atoms with E-state index >= 15 is 0 Å². The Bertz CT molecular complexity index is 979. The predicted molar refractivity (Wildman–Crippen MR) is 157 cm³/mol. The van der Waals surface area contributed by atoms with Crippen molar-refractivity contribution in [3.63, 3.8) is 0 Å². The van der Waals surface area contributed by atoms with Crippen LogP contribution in [0.3, 0.4) is 0 Å². The summed E-state index contributed by atoms with van der Waals surface area (Å²) in [6, 6.07) is 7.48. The molecule has 0 spiro atoms. The molecule has 194 valence electrons. The molecule has 2 aromatic rings. The molecule has 0 amide bonds. The third-order valence-corrected chi connectivity index (χ3v) is 7.76. The Hall–Kier alpha value is -0.970. The fourth-order valence-corrected chi connectivity index (χ4v) is 4.71. The van der Waals surface area contributed by atoms with E-state index in [2.05, 4.69) is 68.3 Å². The van der Waals surface area contributed by atoms with Crippen LogP contribution in [0.5, 0.6) is 0 Å². The molecule has 0 unspecified atom stereocenters. The van der Waals surface area contributed by atoms with Crippen molar-refractivity contribution >= 4 is 66.4 Å². The third kappa shape index (κ3) is 10.9. The number of alkyl halides is 1. The molecule has 0 aliphatic rings. The highest BCUT2D eigenvalue weighted by molar-refractivity contribution is 14.1. The Morgan fingerprint density at radius 2 is 1.34 bits per heavy atom. The van der Waals surface area contributed by atoms with E-state index in [9.17, 15) is 9.59 Å². The Morgan fingerprint density at radius 1 is 0.829 bits per heavy atom. The molecule has 8 heteroatoms. The largest absolute Gasteiger partial charge is 0.465 e. The van der Waals surface area contributed by atoms with E-state index in [1.54, 1.807) is 0 Å². The van der Waals surface area contributed by atoms with E-state index in [-0.39, 0.29) is 11.9 Å². The number of benzene rings is 2. The second-order valence-corrected chi connectivity index (χ2v) is 10.6. The second-order valence-electron chi connectivity index (χ2n) is 7.79. The third-order valence-electron chi connectivity index (χ3n) is 5.35. The van der Waals surface area contributed by atoms with Gasteiger partial charge in [-0.05, 0) is 104 Å². The summed E-state index contributed by atoms with van der Waals surface area (Å²) in [5.74, 6) is -0.550. The number of esters is 2. The normalized spacial score (nSPS) is 10.4. The summed E-state index contributed by atoms with van der Waals surface area (Å²) >= 11 is 9.34. The van der Waals surface area contributed by atoms with Gasteiger partial charge in [-0.1, -0.05) is 54.5 Å². The summed E-state index contributed by atoms with van der Waals surface area (Å²) in [5, 5.41) is 0. The van der Waals surface area contributed by atoms with Crippen molar-refractivity contribution in [3.8, 4) is 0 Å². The number of hydrogen-bond donors (Lipinski definition) is 0. The number of halogens is 3. The molecule has 0 bridgehead atoms. The van der Waals surface area contributed by atoms with Crippen LogP contribution < -0.4 is 0 Å². The molecule has 0 atom stereocenters. The molecule has 0 aliphatic heterocycles. The van der Waals surface area contributed by atoms with Gasteiger partial charge in [0.2, 0.25) is 0 Å². The summed E-state index contributed by atoms with van der Waals surface area (Å²) in [5.41, 5.74) is 5.97. The summed E-state index contributed by atoms with van der Waals surface area (Å²) < 4.78 is 18.1. The first-order valence-corrected chi connectivity index (χ1v) is 14.8. The highest BCUT2D eigenvalue weighted by atomic mass is 127. The van der Waals surface area contributed by atoms with Crippen LogP contribution in [0.25, 0.3) is 0 Å².